The molecule has 1 aromatic heterocycles. The molecule has 1 rings (SSSR count). The summed E-state index contributed by atoms with van der Waals surface area (Å²) in [5, 5.41) is 3.37. The fourth-order valence-electron chi connectivity index (χ4n) is 1.20. The largest absolute Gasteiger partial charge is 0.351 e. The average Bonchev–Trinajstić information content (AvgIpc) is 2.29. The second-order valence-electron chi connectivity index (χ2n) is 3.37. The van der Waals surface area contributed by atoms with Crippen LogP contribution in [0.15, 0.2) is 18.3 Å². The van der Waals surface area contributed by atoms with Crippen LogP contribution in [0.5, 0.6) is 0 Å². The van der Waals surface area contributed by atoms with Crippen LogP contribution in [0.25, 0.3) is 0 Å². The molecule has 1 amide bonds. The Bertz CT molecular complexity index is 329. The molecule has 0 unspecified atom stereocenters. The fourth-order valence-corrected chi connectivity index (χ4v) is 1.85. The SMILES string of the molecule is O=C(NCCCCCI)c1ccc(Cl)cn1. The van der Waals surface area contributed by atoms with E-state index in [1.54, 1.807) is 12.1 Å². The topological polar surface area (TPSA) is 42.0 Å². The first-order valence-electron chi connectivity index (χ1n) is 5.20. The van der Waals surface area contributed by atoms with E-state index in [0.29, 0.717) is 17.3 Å². The summed E-state index contributed by atoms with van der Waals surface area (Å²) in [7, 11) is 0. The zero-order chi connectivity index (χ0) is 11.8. The smallest absolute Gasteiger partial charge is 0.269 e. The maximum atomic E-state index is 11.6. The zero-order valence-electron chi connectivity index (χ0n) is 8.88. The first kappa shape index (κ1) is 13.7. The third-order valence-corrected chi connectivity index (χ3v) is 3.04. The minimum atomic E-state index is -0.133. The number of unbranched alkanes of at least 4 members (excludes halogenated alkanes) is 2. The summed E-state index contributed by atoms with van der Waals surface area (Å²) in [5.41, 5.74) is 0.415. The highest BCUT2D eigenvalue weighted by molar-refractivity contribution is 14.1. The van der Waals surface area contributed by atoms with Crippen molar-refractivity contribution in [1.82, 2.24) is 10.3 Å². The minimum Gasteiger partial charge on any atom is -0.351 e. The number of pyridine rings is 1. The Hall–Kier alpha value is -0.360. The Labute approximate surface area is 114 Å². The van der Waals surface area contributed by atoms with E-state index >= 15 is 0 Å². The quantitative estimate of drug-likeness (QED) is 0.486. The van der Waals surface area contributed by atoms with E-state index in [1.165, 1.54) is 17.0 Å². The number of nitrogens with one attached hydrogen (secondary N) is 1. The predicted molar refractivity (Wildman–Crippen MR) is 74.3 cm³/mol. The van der Waals surface area contributed by atoms with Crippen molar-refractivity contribution in [2.24, 2.45) is 0 Å². The van der Waals surface area contributed by atoms with Gasteiger partial charge in [-0.15, -0.1) is 0 Å². The molecule has 88 valence electrons. The molecule has 0 saturated heterocycles. The Morgan fingerprint density at radius 1 is 1.38 bits per heavy atom. The number of halogens is 2. The minimum absolute atomic E-state index is 0.133. The summed E-state index contributed by atoms with van der Waals surface area (Å²) in [5.74, 6) is -0.133. The maximum Gasteiger partial charge on any atom is 0.269 e. The van der Waals surface area contributed by atoms with E-state index in [9.17, 15) is 4.79 Å². The number of rotatable bonds is 6. The predicted octanol–water partition coefficient (Wildman–Crippen LogP) is 3.07. The maximum absolute atomic E-state index is 11.6. The molecule has 3 nitrogen and oxygen atoms in total. The van der Waals surface area contributed by atoms with Gasteiger partial charge in [0.15, 0.2) is 0 Å². The van der Waals surface area contributed by atoms with Crippen molar-refractivity contribution in [2.45, 2.75) is 19.3 Å². The van der Waals surface area contributed by atoms with Crippen molar-refractivity contribution in [3.8, 4) is 0 Å². The van der Waals surface area contributed by atoms with Crippen LogP contribution in [0.4, 0.5) is 0 Å². The Kier molecular flexibility index (Phi) is 6.71. The normalized spacial score (nSPS) is 10.1. The number of alkyl halides is 1. The van der Waals surface area contributed by atoms with Gasteiger partial charge in [0.05, 0.1) is 5.02 Å². The van der Waals surface area contributed by atoms with Crippen LogP contribution >= 0.6 is 34.2 Å². The average molecular weight is 353 g/mol. The highest BCUT2D eigenvalue weighted by Crippen LogP contribution is 2.06. The lowest BCUT2D eigenvalue weighted by atomic mass is 10.2. The van der Waals surface area contributed by atoms with E-state index in [-0.39, 0.29) is 5.91 Å². The third-order valence-electron chi connectivity index (χ3n) is 2.06. The van der Waals surface area contributed by atoms with Gasteiger partial charge in [-0.3, -0.25) is 4.79 Å². The number of nitrogens with zero attached hydrogens (tertiary/aromatic N) is 1. The molecule has 16 heavy (non-hydrogen) atoms. The second-order valence-corrected chi connectivity index (χ2v) is 4.88. The molecule has 0 spiro atoms. The van der Waals surface area contributed by atoms with Crippen LogP contribution < -0.4 is 5.32 Å². The van der Waals surface area contributed by atoms with E-state index in [4.69, 9.17) is 11.6 Å². The number of hydrogen-bond acceptors (Lipinski definition) is 2. The van der Waals surface area contributed by atoms with Crippen molar-refractivity contribution in [1.29, 1.82) is 0 Å². The molecule has 5 heteroatoms. The first-order valence-corrected chi connectivity index (χ1v) is 7.10. The summed E-state index contributed by atoms with van der Waals surface area (Å²) in [6, 6.07) is 3.29. The van der Waals surface area contributed by atoms with Gasteiger partial charge in [-0.25, -0.2) is 4.98 Å². The monoisotopic (exact) mass is 352 g/mol. The number of aromatic nitrogens is 1. The molecule has 0 bridgehead atoms. The molecule has 1 N–H and O–H groups in total. The lowest BCUT2D eigenvalue weighted by Crippen LogP contribution is -2.25. The van der Waals surface area contributed by atoms with E-state index < -0.39 is 0 Å². The molecule has 0 aliphatic carbocycles. The van der Waals surface area contributed by atoms with Crippen molar-refractivity contribution in [2.75, 3.05) is 11.0 Å². The zero-order valence-corrected chi connectivity index (χ0v) is 11.8. The van der Waals surface area contributed by atoms with E-state index in [2.05, 4.69) is 32.9 Å². The van der Waals surface area contributed by atoms with E-state index in [1.807, 2.05) is 0 Å². The van der Waals surface area contributed by atoms with Gasteiger partial charge in [-0.05, 0) is 29.4 Å². The Morgan fingerprint density at radius 2 is 2.19 bits per heavy atom. The number of hydrogen-bond donors (Lipinski definition) is 1. The molecule has 0 fully saturated rings. The summed E-state index contributed by atoms with van der Waals surface area (Å²) >= 11 is 8.04. The summed E-state index contributed by atoms with van der Waals surface area (Å²) < 4.78 is 1.17. The molecule has 1 heterocycles. The first-order chi connectivity index (χ1) is 7.74. The van der Waals surface area contributed by atoms with Gasteiger partial charge in [0.1, 0.15) is 5.69 Å². The van der Waals surface area contributed by atoms with Crippen LogP contribution in [0.1, 0.15) is 29.8 Å². The Morgan fingerprint density at radius 3 is 2.81 bits per heavy atom. The van der Waals surface area contributed by atoms with Crippen LogP contribution in [0.2, 0.25) is 5.02 Å². The van der Waals surface area contributed by atoms with Crippen molar-refractivity contribution in [3.05, 3.63) is 29.0 Å². The number of amides is 1. The van der Waals surface area contributed by atoms with Gasteiger partial charge >= 0.3 is 0 Å². The Balaban J connectivity index is 2.27. The van der Waals surface area contributed by atoms with Crippen molar-refractivity contribution >= 4 is 40.1 Å². The molecule has 0 atom stereocenters. The molecule has 1 aromatic rings. The lowest BCUT2D eigenvalue weighted by Gasteiger charge is -2.03. The number of carbonyl (C=O) groups is 1. The summed E-state index contributed by atoms with van der Waals surface area (Å²) in [6.45, 7) is 0.708. The number of carbonyl (C=O) groups excluding carboxylic acids is 1. The standard InChI is InChI=1S/C11H14ClIN2O/c12-9-4-5-10(15-8-9)11(16)14-7-3-1-2-6-13/h4-5,8H,1-3,6-7H2,(H,14,16). The molecule has 0 radical (unpaired) electrons. The van der Waals surface area contributed by atoms with Gasteiger partial charge < -0.3 is 5.32 Å². The van der Waals surface area contributed by atoms with Crippen molar-refractivity contribution < 1.29 is 4.79 Å². The fraction of sp³-hybridized carbons (Fsp3) is 0.455. The van der Waals surface area contributed by atoms with Crippen LogP contribution in [0, 0.1) is 0 Å². The van der Waals surface area contributed by atoms with Gasteiger partial charge in [-0.1, -0.05) is 40.6 Å². The summed E-state index contributed by atoms with van der Waals surface area (Å²) in [4.78, 5) is 15.5. The third kappa shape index (κ3) is 5.12. The van der Waals surface area contributed by atoms with Gasteiger partial charge in [0, 0.05) is 12.7 Å². The highest BCUT2D eigenvalue weighted by atomic mass is 127. The molecule has 0 aromatic carbocycles. The van der Waals surface area contributed by atoms with Crippen LogP contribution in [-0.2, 0) is 0 Å². The summed E-state index contributed by atoms with van der Waals surface area (Å²) in [6.07, 6.45) is 4.85. The van der Waals surface area contributed by atoms with Gasteiger partial charge in [0.2, 0.25) is 0 Å². The molecular weight excluding hydrogens is 338 g/mol. The molecule has 0 aliphatic heterocycles. The molecule has 0 aliphatic rings. The van der Waals surface area contributed by atoms with Crippen molar-refractivity contribution in [3.63, 3.8) is 0 Å². The molecule has 0 saturated carbocycles. The van der Waals surface area contributed by atoms with Crippen LogP contribution in [0.3, 0.4) is 0 Å². The lowest BCUT2D eigenvalue weighted by molar-refractivity contribution is 0.0948. The van der Waals surface area contributed by atoms with Gasteiger partial charge in [0.25, 0.3) is 5.91 Å². The molecular formula is C11H14ClIN2O. The highest BCUT2D eigenvalue weighted by Gasteiger charge is 2.05. The van der Waals surface area contributed by atoms with E-state index in [0.717, 1.165) is 12.8 Å². The van der Waals surface area contributed by atoms with Gasteiger partial charge in [-0.2, -0.15) is 0 Å². The van der Waals surface area contributed by atoms with Crippen LogP contribution in [-0.4, -0.2) is 21.9 Å². The second kappa shape index (κ2) is 7.84.